The van der Waals surface area contributed by atoms with Crippen molar-refractivity contribution in [3.05, 3.63) is 23.5 Å². The molecule has 2 aromatic heterocycles. The van der Waals surface area contributed by atoms with Gasteiger partial charge in [0.2, 0.25) is 5.91 Å². The molecule has 1 fully saturated rings. The molecule has 2 aromatic rings. The fourth-order valence-corrected chi connectivity index (χ4v) is 3.30. The van der Waals surface area contributed by atoms with Crippen LogP contribution in [0.3, 0.4) is 0 Å². The van der Waals surface area contributed by atoms with Gasteiger partial charge in [-0.25, -0.2) is 4.98 Å². The molecular formula is C17H21N5O. The molecule has 0 saturated heterocycles. The third-order valence-corrected chi connectivity index (χ3v) is 4.91. The molecule has 1 aliphatic heterocycles. The highest BCUT2D eigenvalue weighted by Crippen LogP contribution is 2.47. The Morgan fingerprint density at radius 1 is 1.35 bits per heavy atom. The third-order valence-electron chi connectivity index (χ3n) is 4.91. The molecule has 6 nitrogen and oxygen atoms in total. The van der Waals surface area contributed by atoms with E-state index in [1.54, 1.807) is 0 Å². The molecule has 1 aliphatic carbocycles. The van der Waals surface area contributed by atoms with Gasteiger partial charge in [0.15, 0.2) is 5.82 Å². The van der Waals surface area contributed by atoms with Crippen LogP contribution in [0.2, 0.25) is 0 Å². The van der Waals surface area contributed by atoms with Gasteiger partial charge in [-0.05, 0) is 32.3 Å². The summed E-state index contributed by atoms with van der Waals surface area (Å²) < 4.78 is 1.85. The first-order chi connectivity index (χ1) is 11.0. The molecule has 2 aliphatic rings. The van der Waals surface area contributed by atoms with Crippen molar-refractivity contribution in [2.24, 2.45) is 13.0 Å². The van der Waals surface area contributed by atoms with Crippen molar-refractivity contribution >= 4 is 17.4 Å². The highest BCUT2D eigenvalue weighted by molar-refractivity contribution is 6.00. The molecule has 6 heteroatoms. The van der Waals surface area contributed by atoms with E-state index in [1.165, 1.54) is 5.56 Å². The van der Waals surface area contributed by atoms with Gasteiger partial charge in [-0.15, -0.1) is 0 Å². The summed E-state index contributed by atoms with van der Waals surface area (Å²) in [6, 6.07) is 0.186. The summed E-state index contributed by atoms with van der Waals surface area (Å²) >= 11 is 0. The Kier molecular flexibility index (Phi) is 2.98. The first-order valence-corrected chi connectivity index (χ1v) is 8.04. The summed E-state index contributed by atoms with van der Waals surface area (Å²) in [7, 11) is 3.99. The zero-order chi connectivity index (χ0) is 16.3. The van der Waals surface area contributed by atoms with Crippen molar-refractivity contribution in [2.75, 3.05) is 17.3 Å². The number of anilines is 2. The Labute approximate surface area is 135 Å². The molecule has 1 unspecified atom stereocenters. The lowest BCUT2D eigenvalue weighted by Crippen LogP contribution is -2.28. The number of fused-ring (bicyclic) bond motifs is 3. The molecule has 120 valence electrons. The number of hydrogen-bond acceptors (Lipinski definition) is 4. The lowest BCUT2D eigenvalue weighted by atomic mass is 9.93. The predicted molar refractivity (Wildman–Crippen MR) is 89.3 cm³/mol. The average Bonchev–Trinajstić information content (AvgIpc) is 3.29. The summed E-state index contributed by atoms with van der Waals surface area (Å²) in [4.78, 5) is 18.9. The number of hydrogen-bond donors (Lipinski definition) is 1. The maximum absolute atomic E-state index is 12.2. The lowest BCUT2D eigenvalue weighted by molar-refractivity contribution is -0.117. The van der Waals surface area contributed by atoms with Gasteiger partial charge in [0.05, 0.1) is 11.7 Å². The average molecular weight is 311 g/mol. The van der Waals surface area contributed by atoms with Crippen molar-refractivity contribution in [2.45, 2.75) is 32.7 Å². The SMILES string of the molecule is Cc1cnc(NC(=O)C2CC2)c2c1-c1nn(C)cc1C(C)N2C. The zero-order valence-electron chi connectivity index (χ0n) is 13.9. The first-order valence-electron chi connectivity index (χ1n) is 8.04. The van der Waals surface area contributed by atoms with E-state index in [0.717, 1.165) is 35.3 Å². The molecule has 3 heterocycles. The van der Waals surface area contributed by atoms with Crippen LogP contribution >= 0.6 is 0 Å². The molecular weight excluding hydrogens is 290 g/mol. The van der Waals surface area contributed by atoms with E-state index < -0.39 is 0 Å². The third kappa shape index (κ3) is 2.12. The lowest BCUT2D eigenvalue weighted by Gasteiger charge is -2.35. The summed E-state index contributed by atoms with van der Waals surface area (Å²) in [5.74, 6) is 0.884. The largest absolute Gasteiger partial charge is 0.364 e. The van der Waals surface area contributed by atoms with E-state index in [1.807, 2.05) is 31.9 Å². The van der Waals surface area contributed by atoms with Gasteiger partial charge < -0.3 is 10.2 Å². The quantitative estimate of drug-likeness (QED) is 0.926. The molecule has 1 saturated carbocycles. The highest BCUT2D eigenvalue weighted by atomic mass is 16.2. The van der Waals surface area contributed by atoms with E-state index in [-0.39, 0.29) is 17.9 Å². The number of carbonyl (C=O) groups excluding carboxylic acids is 1. The summed E-state index contributed by atoms with van der Waals surface area (Å²) in [5.41, 5.74) is 5.31. The minimum absolute atomic E-state index is 0.0800. The fourth-order valence-electron chi connectivity index (χ4n) is 3.30. The molecule has 0 bridgehead atoms. The number of aryl methyl sites for hydroxylation is 2. The van der Waals surface area contributed by atoms with E-state index in [9.17, 15) is 4.79 Å². The van der Waals surface area contributed by atoms with Crippen molar-refractivity contribution in [3.8, 4) is 11.3 Å². The number of carbonyl (C=O) groups is 1. The van der Waals surface area contributed by atoms with Crippen LogP contribution in [-0.4, -0.2) is 27.7 Å². The molecule has 0 aromatic carbocycles. The Morgan fingerprint density at radius 2 is 2.09 bits per heavy atom. The molecule has 1 N–H and O–H groups in total. The van der Waals surface area contributed by atoms with Crippen molar-refractivity contribution in [1.82, 2.24) is 14.8 Å². The Hall–Kier alpha value is -2.37. The number of nitrogens with one attached hydrogen (secondary N) is 1. The second-order valence-corrected chi connectivity index (χ2v) is 6.67. The Bertz CT molecular complexity index is 806. The van der Waals surface area contributed by atoms with Gasteiger partial charge in [0.1, 0.15) is 5.69 Å². The minimum atomic E-state index is 0.0800. The number of amides is 1. The van der Waals surface area contributed by atoms with Crippen molar-refractivity contribution in [3.63, 3.8) is 0 Å². The van der Waals surface area contributed by atoms with Crippen LogP contribution in [0.4, 0.5) is 11.5 Å². The molecule has 0 radical (unpaired) electrons. The van der Waals surface area contributed by atoms with Gasteiger partial charge >= 0.3 is 0 Å². The topological polar surface area (TPSA) is 63.1 Å². The number of pyridine rings is 1. The van der Waals surface area contributed by atoms with Crippen molar-refractivity contribution < 1.29 is 4.79 Å². The van der Waals surface area contributed by atoms with Gasteiger partial charge in [0, 0.05) is 43.5 Å². The van der Waals surface area contributed by atoms with Crippen LogP contribution in [0, 0.1) is 12.8 Å². The van der Waals surface area contributed by atoms with Crippen LogP contribution in [0.1, 0.15) is 36.9 Å². The van der Waals surface area contributed by atoms with Crippen LogP contribution in [0.5, 0.6) is 0 Å². The number of nitrogens with zero attached hydrogens (tertiary/aromatic N) is 4. The smallest absolute Gasteiger partial charge is 0.228 e. The van der Waals surface area contributed by atoms with Gasteiger partial charge in [0.25, 0.3) is 0 Å². The zero-order valence-corrected chi connectivity index (χ0v) is 13.9. The van der Waals surface area contributed by atoms with Crippen LogP contribution in [-0.2, 0) is 11.8 Å². The van der Waals surface area contributed by atoms with E-state index >= 15 is 0 Å². The van der Waals surface area contributed by atoms with Crippen molar-refractivity contribution in [1.29, 1.82) is 0 Å². The minimum Gasteiger partial charge on any atom is -0.364 e. The second kappa shape index (κ2) is 4.81. The van der Waals surface area contributed by atoms with Gasteiger partial charge in [-0.3, -0.25) is 9.48 Å². The second-order valence-electron chi connectivity index (χ2n) is 6.67. The normalized spacial score (nSPS) is 19.3. The van der Waals surface area contributed by atoms with Crippen LogP contribution in [0.15, 0.2) is 12.4 Å². The molecule has 4 rings (SSSR count). The van der Waals surface area contributed by atoms with E-state index in [4.69, 9.17) is 0 Å². The standard InChI is InChI=1S/C17H21N5O/c1-9-7-18-16(19-17(23)11-5-6-11)15-13(9)14-12(8-21(3)20-14)10(2)22(15)4/h7-8,10-11H,5-6H2,1-4H3,(H,18,19,23). The highest BCUT2D eigenvalue weighted by Gasteiger charge is 2.35. The monoisotopic (exact) mass is 311 g/mol. The first kappa shape index (κ1) is 14.2. The maximum atomic E-state index is 12.2. The molecule has 1 atom stereocenters. The Balaban J connectivity index is 1.88. The molecule has 1 amide bonds. The van der Waals surface area contributed by atoms with Crippen LogP contribution in [0.25, 0.3) is 11.3 Å². The van der Waals surface area contributed by atoms with Gasteiger partial charge in [-0.2, -0.15) is 5.10 Å². The molecule has 0 spiro atoms. The molecule has 23 heavy (non-hydrogen) atoms. The summed E-state index contributed by atoms with van der Waals surface area (Å²) in [6.45, 7) is 4.19. The number of rotatable bonds is 2. The van der Waals surface area contributed by atoms with Gasteiger partial charge in [-0.1, -0.05) is 0 Å². The maximum Gasteiger partial charge on any atom is 0.228 e. The summed E-state index contributed by atoms with van der Waals surface area (Å²) in [6.07, 6.45) is 5.86. The fraction of sp³-hybridized carbons (Fsp3) is 0.471. The Morgan fingerprint density at radius 3 is 2.78 bits per heavy atom. The van der Waals surface area contributed by atoms with E-state index in [0.29, 0.717) is 5.82 Å². The predicted octanol–water partition coefficient (Wildman–Crippen LogP) is 2.65. The van der Waals surface area contributed by atoms with Crippen LogP contribution < -0.4 is 10.2 Å². The van der Waals surface area contributed by atoms with E-state index in [2.05, 4.69) is 33.4 Å². The summed E-state index contributed by atoms with van der Waals surface area (Å²) in [5, 5.41) is 7.68. The number of aromatic nitrogens is 3.